The highest BCUT2D eigenvalue weighted by Crippen LogP contribution is 2.24. The Morgan fingerprint density at radius 3 is 2.55 bits per heavy atom. The molecule has 1 amide bonds. The van der Waals surface area contributed by atoms with Crippen molar-refractivity contribution in [3.8, 4) is 0 Å². The first-order valence-corrected chi connectivity index (χ1v) is 7.86. The fourth-order valence-electron chi connectivity index (χ4n) is 2.21. The van der Waals surface area contributed by atoms with Crippen LogP contribution in [0.1, 0.15) is 11.1 Å². The maximum atomic E-state index is 12.0. The van der Waals surface area contributed by atoms with Crippen LogP contribution in [0.3, 0.4) is 0 Å². The molecule has 0 heterocycles. The quantitative estimate of drug-likeness (QED) is 0.833. The van der Waals surface area contributed by atoms with Crippen LogP contribution in [0.25, 0.3) is 0 Å². The molecule has 2 aromatic carbocycles. The number of carbonyl (C=O) groups is 1. The van der Waals surface area contributed by atoms with E-state index in [2.05, 4.69) is 5.32 Å². The number of carbonyl (C=O) groups excluding carboxylic acids is 1. The summed E-state index contributed by atoms with van der Waals surface area (Å²) < 4.78 is 0. The van der Waals surface area contributed by atoms with E-state index in [4.69, 9.17) is 23.2 Å². The average Bonchev–Trinajstić information content (AvgIpc) is 2.51. The van der Waals surface area contributed by atoms with Crippen LogP contribution < -0.4 is 10.2 Å². The predicted molar refractivity (Wildman–Crippen MR) is 90.2 cm³/mol. The second kappa shape index (κ2) is 8.18. The number of likely N-dealkylation sites (N-methyl/N-ethyl adjacent to an activating group) is 1. The zero-order valence-corrected chi connectivity index (χ0v) is 13.9. The zero-order valence-electron chi connectivity index (χ0n) is 12.4. The number of hydrogen-bond donors (Lipinski definition) is 2. The van der Waals surface area contributed by atoms with E-state index in [1.54, 1.807) is 6.07 Å². The molecule has 0 aliphatic rings. The molecule has 2 rings (SSSR count). The van der Waals surface area contributed by atoms with E-state index in [0.717, 1.165) is 16.0 Å². The van der Waals surface area contributed by atoms with Gasteiger partial charge >= 0.3 is 0 Å². The second-order valence-corrected chi connectivity index (χ2v) is 6.07. The van der Waals surface area contributed by atoms with E-state index < -0.39 is 0 Å². The summed E-state index contributed by atoms with van der Waals surface area (Å²) in [4.78, 5) is 13.0. The van der Waals surface area contributed by atoms with Gasteiger partial charge in [-0.15, -0.1) is 0 Å². The van der Waals surface area contributed by atoms with Crippen LogP contribution >= 0.6 is 23.2 Å². The Hall–Kier alpha value is -1.55. The van der Waals surface area contributed by atoms with E-state index in [0.29, 0.717) is 29.7 Å². The van der Waals surface area contributed by atoms with Crippen molar-refractivity contribution in [2.45, 2.75) is 13.1 Å². The van der Waals surface area contributed by atoms with Crippen molar-refractivity contribution < 1.29 is 9.69 Å². The molecule has 5 heteroatoms. The van der Waals surface area contributed by atoms with Crippen molar-refractivity contribution in [3.63, 3.8) is 0 Å². The minimum Gasteiger partial charge on any atom is -0.347 e. The maximum absolute atomic E-state index is 12.0. The highest BCUT2D eigenvalue weighted by Gasteiger charge is 2.13. The Balaban J connectivity index is 1.82. The van der Waals surface area contributed by atoms with Crippen molar-refractivity contribution >= 4 is 29.1 Å². The highest BCUT2D eigenvalue weighted by atomic mass is 35.5. The third-order valence-electron chi connectivity index (χ3n) is 3.32. The Kier molecular flexibility index (Phi) is 6.25. The molecule has 0 aliphatic carbocycles. The van der Waals surface area contributed by atoms with Gasteiger partial charge in [-0.3, -0.25) is 4.79 Å². The van der Waals surface area contributed by atoms with Gasteiger partial charge in [0.1, 0.15) is 6.54 Å². The summed E-state index contributed by atoms with van der Waals surface area (Å²) >= 11 is 12.2. The first-order valence-electron chi connectivity index (χ1n) is 7.11. The maximum Gasteiger partial charge on any atom is 0.275 e. The van der Waals surface area contributed by atoms with Gasteiger partial charge in [0.15, 0.2) is 6.54 Å². The number of amides is 1. The Bertz CT molecular complexity index is 632. The monoisotopic (exact) mass is 337 g/mol. The SMILES string of the molecule is C[NH+](CC(=O)NCc1ccccc1)Cc1cccc(Cl)c1Cl. The number of rotatable bonds is 6. The molecule has 0 bridgehead atoms. The van der Waals surface area contributed by atoms with Crippen LogP contribution in [0.4, 0.5) is 0 Å². The van der Waals surface area contributed by atoms with E-state index in [9.17, 15) is 4.79 Å². The molecule has 0 fully saturated rings. The number of hydrogen-bond acceptors (Lipinski definition) is 1. The van der Waals surface area contributed by atoms with E-state index >= 15 is 0 Å². The molecule has 22 heavy (non-hydrogen) atoms. The van der Waals surface area contributed by atoms with E-state index in [1.165, 1.54) is 0 Å². The predicted octanol–water partition coefficient (Wildman–Crippen LogP) is 2.32. The fourth-order valence-corrected chi connectivity index (χ4v) is 2.59. The van der Waals surface area contributed by atoms with Crippen LogP contribution in [-0.2, 0) is 17.9 Å². The molecule has 0 radical (unpaired) electrons. The number of benzene rings is 2. The van der Waals surface area contributed by atoms with Crippen LogP contribution in [0.5, 0.6) is 0 Å². The highest BCUT2D eigenvalue weighted by molar-refractivity contribution is 6.42. The summed E-state index contributed by atoms with van der Waals surface area (Å²) in [6, 6.07) is 15.4. The average molecular weight is 338 g/mol. The van der Waals surface area contributed by atoms with Crippen molar-refractivity contribution in [2.75, 3.05) is 13.6 Å². The number of quaternary nitrogens is 1. The lowest BCUT2D eigenvalue weighted by atomic mass is 10.2. The third-order valence-corrected chi connectivity index (χ3v) is 4.18. The molecule has 1 unspecified atom stereocenters. The van der Waals surface area contributed by atoms with Gasteiger partial charge in [-0.1, -0.05) is 65.7 Å². The third kappa shape index (κ3) is 5.02. The topological polar surface area (TPSA) is 33.5 Å². The van der Waals surface area contributed by atoms with Crippen molar-refractivity contribution in [1.82, 2.24) is 5.32 Å². The Morgan fingerprint density at radius 1 is 1.09 bits per heavy atom. The standard InChI is InChI=1S/C17H18Cl2N2O/c1-21(11-14-8-5-9-15(18)17(14)19)12-16(22)20-10-13-6-3-2-4-7-13/h2-9H,10-12H2,1H3,(H,20,22)/p+1. The minimum atomic E-state index is 0.0134. The summed E-state index contributed by atoms with van der Waals surface area (Å²) in [5.41, 5.74) is 2.04. The summed E-state index contributed by atoms with van der Waals surface area (Å²) in [7, 11) is 1.96. The van der Waals surface area contributed by atoms with Crippen LogP contribution in [-0.4, -0.2) is 19.5 Å². The van der Waals surface area contributed by atoms with Crippen LogP contribution in [0.15, 0.2) is 48.5 Å². The number of nitrogens with one attached hydrogen (secondary N) is 2. The number of halogens is 2. The molecule has 0 saturated heterocycles. The van der Waals surface area contributed by atoms with Crippen LogP contribution in [0, 0.1) is 0 Å². The Morgan fingerprint density at radius 2 is 1.82 bits per heavy atom. The summed E-state index contributed by atoms with van der Waals surface area (Å²) in [5.74, 6) is 0.0134. The van der Waals surface area contributed by atoms with Crippen molar-refractivity contribution in [1.29, 1.82) is 0 Å². The molecule has 0 aliphatic heterocycles. The van der Waals surface area contributed by atoms with Crippen molar-refractivity contribution in [2.24, 2.45) is 0 Å². The van der Waals surface area contributed by atoms with Gasteiger partial charge < -0.3 is 10.2 Å². The Labute approximate surface area is 140 Å². The largest absolute Gasteiger partial charge is 0.347 e. The summed E-state index contributed by atoms with van der Waals surface area (Å²) in [6.07, 6.45) is 0. The van der Waals surface area contributed by atoms with Gasteiger partial charge in [0.2, 0.25) is 0 Å². The normalized spacial score (nSPS) is 12.0. The van der Waals surface area contributed by atoms with Gasteiger partial charge in [-0.05, 0) is 11.6 Å². The first-order chi connectivity index (χ1) is 10.6. The summed E-state index contributed by atoms with van der Waals surface area (Å²) in [5, 5.41) is 4.03. The molecule has 0 saturated carbocycles. The lowest BCUT2D eigenvalue weighted by Crippen LogP contribution is -3.08. The molecule has 2 aromatic rings. The van der Waals surface area contributed by atoms with E-state index in [-0.39, 0.29) is 5.91 Å². The van der Waals surface area contributed by atoms with Gasteiger partial charge in [0.05, 0.1) is 17.1 Å². The first kappa shape index (κ1) is 16.8. The molecule has 1 atom stereocenters. The fraction of sp³-hybridized carbons (Fsp3) is 0.235. The lowest BCUT2D eigenvalue weighted by Gasteiger charge is -2.15. The molecular formula is C17H19Cl2N2O+. The van der Waals surface area contributed by atoms with Crippen LogP contribution in [0.2, 0.25) is 10.0 Å². The minimum absolute atomic E-state index is 0.0134. The summed E-state index contributed by atoms with van der Waals surface area (Å²) in [6.45, 7) is 1.58. The molecular weight excluding hydrogens is 319 g/mol. The molecule has 116 valence electrons. The van der Waals surface area contributed by atoms with Crippen molar-refractivity contribution in [3.05, 3.63) is 69.7 Å². The van der Waals surface area contributed by atoms with Gasteiger partial charge in [0.25, 0.3) is 5.91 Å². The lowest BCUT2D eigenvalue weighted by molar-refractivity contribution is -0.885. The molecule has 2 N–H and O–H groups in total. The van der Waals surface area contributed by atoms with Gasteiger partial charge in [0, 0.05) is 12.1 Å². The molecule has 0 spiro atoms. The van der Waals surface area contributed by atoms with Gasteiger partial charge in [-0.2, -0.15) is 0 Å². The smallest absolute Gasteiger partial charge is 0.275 e. The zero-order chi connectivity index (χ0) is 15.9. The molecule has 3 nitrogen and oxygen atoms in total. The van der Waals surface area contributed by atoms with Gasteiger partial charge in [-0.25, -0.2) is 0 Å². The second-order valence-electron chi connectivity index (χ2n) is 5.29. The molecule has 0 aromatic heterocycles. The van der Waals surface area contributed by atoms with E-state index in [1.807, 2.05) is 49.5 Å².